The molecule has 11 heteroatoms. The molecule has 5 aromatic rings. The van der Waals surface area contributed by atoms with Gasteiger partial charge in [0.15, 0.2) is 17.3 Å². The summed E-state index contributed by atoms with van der Waals surface area (Å²) >= 11 is 0. The molecule has 284 valence electrons. The SMILES string of the molecule is O=C1C2=C3O[C@]34C(=O)c3c(OCc5ccccc5)noc3C[C@@H]4CC2Cc2c1c(OCc1ccccc1)cc(C1CCCN1Cc1ccccc1)c2C(F)(F)F. The number of ketones is 2. The molecule has 0 bridgehead atoms. The van der Waals surface area contributed by atoms with E-state index in [0.717, 1.165) is 23.1 Å². The molecular weight excluding hydrogens is 721 g/mol. The van der Waals surface area contributed by atoms with Crippen LogP contribution in [0.15, 0.2) is 113 Å². The molecular formula is C45H37F3N2O6. The van der Waals surface area contributed by atoms with E-state index in [2.05, 4.69) is 10.1 Å². The lowest BCUT2D eigenvalue weighted by Crippen LogP contribution is -2.44. The average molecular weight is 759 g/mol. The molecule has 2 fully saturated rings. The van der Waals surface area contributed by atoms with Gasteiger partial charge in [0.05, 0.1) is 11.1 Å². The minimum absolute atomic E-state index is 0.0452. The molecule has 1 spiro atoms. The molecule has 4 atom stereocenters. The quantitative estimate of drug-likeness (QED) is 0.138. The summed E-state index contributed by atoms with van der Waals surface area (Å²) in [6, 6.07) is 29.4. The second-order valence-corrected chi connectivity index (χ2v) is 15.4. The van der Waals surface area contributed by atoms with Gasteiger partial charge < -0.3 is 18.7 Å². The molecule has 2 unspecified atom stereocenters. The van der Waals surface area contributed by atoms with E-state index >= 15 is 13.2 Å². The number of carbonyl (C=O) groups is 2. The van der Waals surface area contributed by atoms with Gasteiger partial charge in [-0.3, -0.25) is 14.5 Å². The van der Waals surface area contributed by atoms with Crippen LogP contribution >= 0.6 is 0 Å². The van der Waals surface area contributed by atoms with Gasteiger partial charge in [-0.25, -0.2) is 0 Å². The molecule has 0 saturated carbocycles. The summed E-state index contributed by atoms with van der Waals surface area (Å²) in [7, 11) is 0. The Morgan fingerprint density at radius 2 is 1.50 bits per heavy atom. The van der Waals surface area contributed by atoms with Crippen LogP contribution in [0.25, 0.3) is 0 Å². The van der Waals surface area contributed by atoms with Crippen LogP contribution in [-0.2, 0) is 43.5 Å². The number of likely N-dealkylation sites (tertiary alicyclic amines) is 1. The molecule has 1 aromatic heterocycles. The number of rotatable bonds is 9. The Hall–Kier alpha value is -5.68. The largest absolute Gasteiger partial charge is 0.488 e. The summed E-state index contributed by atoms with van der Waals surface area (Å²) in [6.45, 7) is 1.36. The van der Waals surface area contributed by atoms with Crippen molar-refractivity contribution in [3.05, 3.63) is 159 Å². The third kappa shape index (κ3) is 5.66. The average Bonchev–Trinajstić information content (AvgIpc) is 3.56. The number of ether oxygens (including phenoxy) is 3. The monoisotopic (exact) mass is 758 g/mol. The third-order valence-corrected chi connectivity index (χ3v) is 12.1. The Bertz CT molecular complexity index is 2390. The number of allylic oxidation sites excluding steroid dienone is 1. The number of carbonyl (C=O) groups excluding carboxylic acids is 2. The van der Waals surface area contributed by atoms with E-state index in [0.29, 0.717) is 25.3 Å². The molecule has 8 nitrogen and oxygen atoms in total. The van der Waals surface area contributed by atoms with Crippen molar-refractivity contribution in [1.82, 2.24) is 10.1 Å². The number of fused-ring (bicyclic) bond motifs is 3. The first-order valence-electron chi connectivity index (χ1n) is 19.1. The molecule has 0 radical (unpaired) electrons. The number of epoxide rings is 1. The van der Waals surface area contributed by atoms with Crippen LogP contribution in [0.5, 0.6) is 11.6 Å². The highest BCUT2D eigenvalue weighted by Gasteiger charge is 2.72. The molecule has 2 aliphatic heterocycles. The Labute approximate surface area is 320 Å². The van der Waals surface area contributed by atoms with E-state index in [1.807, 2.05) is 91.0 Å². The number of alkyl halides is 3. The molecule has 0 amide bonds. The number of hydrogen-bond donors (Lipinski definition) is 0. The standard InChI is InChI=1S/C45H37F3N2O6/c46-45(47,48)39-31(33-17-10-18-50(33)23-26-11-4-1-5-12-26)22-34(53-24-27-13-6-2-7-14-27)37-32(39)20-29-19-30-21-35-38(41(52)44(30)42(55-44)36(29)40(37)51)43(49-56-35)54-25-28-15-8-3-9-16-28/h1-9,11-16,22,29-30,33H,10,17-21,23-25H2/t29?,30-,33?,44+/m0/s1. The van der Waals surface area contributed by atoms with Crippen LogP contribution in [-0.4, -0.2) is 33.8 Å². The first kappa shape index (κ1) is 34.8. The number of halogens is 3. The van der Waals surface area contributed by atoms with E-state index in [1.165, 1.54) is 6.07 Å². The molecule has 2 saturated heterocycles. The lowest BCUT2D eigenvalue weighted by atomic mass is 9.62. The molecule has 10 rings (SSSR count). The van der Waals surface area contributed by atoms with Crippen molar-refractivity contribution in [3.8, 4) is 11.6 Å². The number of nitrogens with zero attached hydrogens (tertiary/aromatic N) is 2. The zero-order valence-electron chi connectivity index (χ0n) is 30.3. The smallest absolute Gasteiger partial charge is 0.417 e. The molecule has 0 N–H and O–H groups in total. The highest BCUT2D eigenvalue weighted by atomic mass is 19.4. The molecule has 3 aliphatic carbocycles. The fraction of sp³-hybridized carbons (Fsp3) is 0.311. The van der Waals surface area contributed by atoms with E-state index in [1.54, 1.807) is 0 Å². The number of aromatic nitrogens is 1. The van der Waals surface area contributed by atoms with Gasteiger partial charge >= 0.3 is 6.18 Å². The van der Waals surface area contributed by atoms with Crippen LogP contribution in [0.3, 0.4) is 0 Å². The first-order chi connectivity index (χ1) is 27.2. The minimum atomic E-state index is -4.75. The van der Waals surface area contributed by atoms with Crippen molar-refractivity contribution in [1.29, 1.82) is 0 Å². The summed E-state index contributed by atoms with van der Waals surface area (Å²) in [5.41, 5.74) is 0.953. The van der Waals surface area contributed by atoms with Gasteiger partial charge in [-0.1, -0.05) is 91.0 Å². The Morgan fingerprint density at radius 1 is 0.839 bits per heavy atom. The van der Waals surface area contributed by atoms with Gasteiger partial charge in [0.2, 0.25) is 11.4 Å². The van der Waals surface area contributed by atoms with E-state index < -0.39 is 46.8 Å². The Kier molecular flexibility index (Phi) is 8.21. The normalized spacial score (nSPS) is 23.7. The fourth-order valence-electron chi connectivity index (χ4n) is 9.61. The predicted octanol–water partition coefficient (Wildman–Crippen LogP) is 9.03. The van der Waals surface area contributed by atoms with Crippen LogP contribution in [0, 0.1) is 11.8 Å². The lowest BCUT2D eigenvalue weighted by molar-refractivity contribution is -0.139. The maximum absolute atomic E-state index is 15.6. The van der Waals surface area contributed by atoms with Gasteiger partial charge in [-0.15, -0.1) is 0 Å². The topological polar surface area (TPSA) is 94.4 Å². The maximum Gasteiger partial charge on any atom is 0.417 e. The summed E-state index contributed by atoms with van der Waals surface area (Å²) in [4.78, 5) is 31.3. The fourth-order valence-corrected chi connectivity index (χ4v) is 9.61. The second-order valence-electron chi connectivity index (χ2n) is 15.4. The zero-order valence-corrected chi connectivity index (χ0v) is 30.3. The molecule has 5 aliphatic rings. The van der Waals surface area contributed by atoms with E-state index in [9.17, 15) is 9.59 Å². The number of Topliss-reactive ketones (excluding diaryl/α,β-unsaturated/α-hetero) is 2. The minimum Gasteiger partial charge on any atom is -0.488 e. The van der Waals surface area contributed by atoms with Crippen LogP contribution < -0.4 is 9.47 Å². The summed E-state index contributed by atoms with van der Waals surface area (Å²) in [5.74, 6) is -1.29. The van der Waals surface area contributed by atoms with Gasteiger partial charge in [-0.05, 0) is 77.2 Å². The lowest BCUT2D eigenvalue weighted by Gasteiger charge is -2.37. The Balaban J connectivity index is 1.05. The summed E-state index contributed by atoms with van der Waals surface area (Å²) in [6.07, 6.45) is -2.98. The van der Waals surface area contributed by atoms with Gasteiger partial charge in [0.25, 0.3) is 5.88 Å². The number of benzene rings is 4. The summed E-state index contributed by atoms with van der Waals surface area (Å²) < 4.78 is 71.1. The van der Waals surface area contributed by atoms with Crippen molar-refractivity contribution in [2.75, 3.05) is 6.54 Å². The van der Waals surface area contributed by atoms with Gasteiger partial charge in [0, 0.05) is 30.5 Å². The van der Waals surface area contributed by atoms with Crippen molar-refractivity contribution < 1.29 is 41.5 Å². The van der Waals surface area contributed by atoms with Crippen molar-refractivity contribution in [3.63, 3.8) is 0 Å². The highest BCUT2D eigenvalue weighted by molar-refractivity contribution is 6.17. The van der Waals surface area contributed by atoms with Gasteiger partial charge in [0.1, 0.15) is 24.5 Å². The van der Waals surface area contributed by atoms with E-state index in [-0.39, 0.29) is 77.7 Å². The Morgan fingerprint density at radius 3 is 2.18 bits per heavy atom. The first-order valence-corrected chi connectivity index (χ1v) is 19.1. The van der Waals surface area contributed by atoms with Gasteiger partial charge in [-0.2, -0.15) is 13.2 Å². The second kappa shape index (κ2) is 13.2. The van der Waals surface area contributed by atoms with Crippen molar-refractivity contribution in [2.24, 2.45) is 11.8 Å². The highest BCUT2D eigenvalue weighted by Crippen LogP contribution is 2.64. The molecule has 56 heavy (non-hydrogen) atoms. The van der Waals surface area contributed by atoms with Crippen molar-refractivity contribution >= 4 is 11.6 Å². The zero-order chi connectivity index (χ0) is 38.2. The van der Waals surface area contributed by atoms with E-state index in [4.69, 9.17) is 18.7 Å². The number of hydrogen-bond acceptors (Lipinski definition) is 8. The molecule has 3 heterocycles. The van der Waals surface area contributed by atoms with Crippen LogP contribution in [0.2, 0.25) is 0 Å². The maximum atomic E-state index is 15.6. The van der Waals surface area contributed by atoms with Crippen LogP contribution in [0.1, 0.15) is 85.2 Å². The molecule has 4 aromatic carbocycles. The summed E-state index contributed by atoms with van der Waals surface area (Å²) in [5, 5.41) is 4.08. The third-order valence-electron chi connectivity index (χ3n) is 12.1. The van der Waals surface area contributed by atoms with Crippen molar-refractivity contribution in [2.45, 2.75) is 69.7 Å². The van der Waals surface area contributed by atoms with Crippen LogP contribution in [0.4, 0.5) is 13.2 Å². The predicted molar refractivity (Wildman–Crippen MR) is 197 cm³/mol.